The SMILES string of the molecule is Cn1ccnc1[C@@H]1OCCC[C@H]1CNc1ncccc1C(F)(F)F. The molecule has 1 N–H and O–H groups in total. The quantitative estimate of drug-likeness (QED) is 0.927. The molecule has 1 aliphatic heterocycles. The number of aromatic nitrogens is 3. The lowest BCUT2D eigenvalue weighted by Gasteiger charge is -2.31. The number of rotatable bonds is 4. The van der Waals surface area contributed by atoms with E-state index in [1.54, 1.807) is 6.20 Å². The topological polar surface area (TPSA) is 52.0 Å². The largest absolute Gasteiger partial charge is 0.419 e. The third-order valence-corrected chi connectivity index (χ3v) is 4.20. The zero-order valence-corrected chi connectivity index (χ0v) is 13.3. The normalized spacial score (nSPS) is 21.7. The van der Waals surface area contributed by atoms with E-state index in [0.29, 0.717) is 13.2 Å². The second kappa shape index (κ2) is 6.80. The van der Waals surface area contributed by atoms with E-state index in [9.17, 15) is 13.2 Å². The van der Waals surface area contributed by atoms with Crippen LogP contribution in [0, 0.1) is 5.92 Å². The smallest absolute Gasteiger partial charge is 0.370 e. The number of nitrogens with zero attached hydrogens (tertiary/aromatic N) is 3. The van der Waals surface area contributed by atoms with Gasteiger partial charge in [0, 0.05) is 44.7 Å². The Morgan fingerprint density at radius 2 is 2.17 bits per heavy atom. The number of hydrogen-bond acceptors (Lipinski definition) is 4. The first-order valence-corrected chi connectivity index (χ1v) is 7.81. The molecule has 3 heterocycles. The summed E-state index contributed by atoms with van der Waals surface area (Å²) in [7, 11) is 1.88. The van der Waals surface area contributed by atoms with E-state index in [1.807, 2.05) is 17.8 Å². The van der Waals surface area contributed by atoms with Crippen molar-refractivity contribution in [2.24, 2.45) is 13.0 Å². The van der Waals surface area contributed by atoms with Crippen molar-refractivity contribution in [3.8, 4) is 0 Å². The molecule has 0 saturated carbocycles. The van der Waals surface area contributed by atoms with Crippen LogP contribution in [-0.2, 0) is 18.0 Å². The molecule has 3 rings (SSSR count). The van der Waals surface area contributed by atoms with Crippen molar-refractivity contribution in [2.45, 2.75) is 25.1 Å². The van der Waals surface area contributed by atoms with E-state index in [0.717, 1.165) is 24.7 Å². The maximum Gasteiger partial charge on any atom is 0.419 e. The number of pyridine rings is 1. The molecule has 5 nitrogen and oxygen atoms in total. The zero-order valence-electron chi connectivity index (χ0n) is 13.3. The monoisotopic (exact) mass is 340 g/mol. The molecular formula is C16H19F3N4O. The summed E-state index contributed by atoms with van der Waals surface area (Å²) in [6, 6.07) is 2.32. The Kier molecular flexibility index (Phi) is 4.75. The fourth-order valence-electron chi connectivity index (χ4n) is 2.99. The summed E-state index contributed by atoms with van der Waals surface area (Å²) in [5, 5.41) is 2.85. The van der Waals surface area contributed by atoms with Crippen LogP contribution in [0.5, 0.6) is 0 Å². The second-order valence-corrected chi connectivity index (χ2v) is 5.87. The number of aryl methyl sites for hydroxylation is 1. The third-order valence-electron chi connectivity index (χ3n) is 4.20. The van der Waals surface area contributed by atoms with E-state index in [2.05, 4.69) is 15.3 Å². The van der Waals surface area contributed by atoms with Crippen molar-refractivity contribution >= 4 is 5.82 Å². The van der Waals surface area contributed by atoms with E-state index < -0.39 is 11.7 Å². The Bertz CT molecular complexity index is 686. The molecule has 1 saturated heterocycles. The van der Waals surface area contributed by atoms with Crippen LogP contribution in [0.4, 0.5) is 19.0 Å². The van der Waals surface area contributed by atoms with Gasteiger partial charge in [-0.3, -0.25) is 0 Å². The fourth-order valence-corrected chi connectivity index (χ4v) is 2.99. The van der Waals surface area contributed by atoms with Crippen LogP contribution in [0.1, 0.15) is 30.3 Å². The molecule has 2 atom stereocenters. The Labute approximate surface area is 137 Å². The predicted octanol–water partition coefficient (Wildman–Crippen LogP) is 3.41. The molecule has 1 fully saturated rings. The molecular weight excluding hydrogens is 321 g/mol. The molecule has 0 aromatic carbocycles. The van der Waals surface area contributed by atoms with Crippen molar-refractivity contribution in [2.75, 3.05) is 18.5 Å². The Morgan fingerprint density at radius 1 is 1.33 bits per heavy atom. The van der Waals surface area contributed by atoms with Gasteiger partial charge in [-0.2, -0.15) is 13.2 Å². The lowest BCUT2D eigenvalue weighted by Crippen LogP contribution is -2.30. The highest BCUT2D eigenvalue weighted by Gasteiger charge is 2.35. The van der Waals surface area contributed by atoms with Crippen molar-refractivity contribution in [3.05, 3.63) is 42.1 Å². The minimum absolute atomic E-state index is 0.0305. The highest BCUT2D eigenvalue weighted by Crippen LogP contribution is 2.35. The summed E-state index contributed by atoms with van der Waals surface area (Å²) >= 11 is 0. The van der Waals surface area contributed by atoms with Crippen LogP contribution in [0.2, 0.25) is 0 Å². The van der Waals surface area contributed by atoms with E-state index in [-0.39, 0.29) is 17.8 Å². The lowest BCUT2D eigenvalue weighted by molar-refractivity contribution is -0.137. The van der Waals surface area contributed by atoms with Gasteiger partial charge < -0.3 is 14.6 Å². The van der Waals surface area contributed by atoms with Crippen molar-refractivity contribution in [1.82, 2.24) is 14.5 Å². The maximum absolute atomic E-state index is 13.0. The number of halogens is 3. The molecule has 0 bridgehead atoms. The van der Waals surface area contributed by atoms with E-state index in [4.69, 9.17) is 4.74 Å². The van der Waals surface area contributed by atoms with E-state index >= 15 is 0 Å². The molecule has 2 aromatic heterocycles. The molecule has 0 radical (unpaired) electrons. The summed E-state index contributed by atoms with van der Waals surface area (Å²) < 4.78 is 46.9. The molecule has 1 aliphatic rings. The highest BCUT2D eigenvalue weighted by atomic mass is 19.4. The first-order chi connectivity index (χ1) is 11.5. The van der Waals surface area contributed by atoms with Crippen LogP contribution in [0.15, 0.2) is 30.7 Å². The lowest BCUT2D eigenvalue weighted by atomic mass is 9.93. The Hall–Kier alpha value is -2.09. The summed E-state index contributed by atoms with van der Waals surface area (Å²) in [6.07, 6.45) is 1.95. The first kappa shape index (κ1) is 16.8. The number of hydrogen-bond donors (Lipinski definition) is 1. The van der Waals surface area contributed by atoms with Gasteiger partial charge in [-0.25, -0.2) is 9.97 Å². The molecule has 0 aliphatic carbocycles. The van der Waals surface area contributed by atoms with Gasteiger partial charge in [0.25, 0.3) is 0 Å². The van der Waals surface area contributed by atoms with Crippen LogP contribution >= 0.6 is 0 Å². The van der Waals surface area contributed by atoms with Gasteiger partial charge in [-0.1, -0.05) is 0 Å². The number of imidazole rings is 1. The van der Waals surface area contributed by atoms with Gasteiger partial charge in [-0.15, -0.1) is 0 Å². The number of ether oxygens (including phenoxy) is 1. The molecule has 0 unspecified atom stereocenters. The Morgan fingerprint density at radius 3 is 2.88 bits per heavy atom. The van der Waals surface area contributed by atoms with Crippen molar-refractivity contribution in [3.63, 3.8) is 0 Å². The minimum atomic E-state index is -4.43. The molecule has 24 heavy (non-hydrogen) atoms. The van der Waals surface area contributed by atoms with Crippen LogP contribution in [-0.4, -0.2) is 27.7 Å². The van der Waals surface area contributed by atoms with Gasteiger partial charge >= 0.3 is 6.18 Å². The number of alkyl halides is 3. The minimum Gasteiger partial charge on any atom is -0.370 e. The van der Waals surface area contributed by atoms with Gasteiger partial charge in [-0.05, 0) is 25.0 Å². The second-order valence-electron chi connectivity index (χ2n) is 5.87. The van der Waals surface area contributed by atoms with Crippen molar-refractivity contribution < 1.29 is 17.9 Å². The molecule has 0 spiro atoms. The summed E-state index contributed by atoms with van der Waals surface area (Å²) in [4.78, 5) is 8.16. The van der Waals surface area contributed by atoms with Crippen molar-refractivity contribution in [1.29, 1.82) is 0 Å². The Balaban J connectivity index is 1.75. The predicted molar refractivity (Wildman–Crippen MR) is 82.4 cm³/mol. The van der Waals surface area contributed by atoms with Gasteiger partial charge in [0.2, 0.25) is 0 Å². The average Bonchev–Trinajstić information content (AvgIpc) is 2.98. The van der Waals surface area contributed by atoms with Gasteiger partial charge in [0.05, 0.1) is 5.56 Å². The fraction of sp³-hybridized carbons (Fsp3) is 0.500. The highest BCUT2D eigenvalue weighted by molar-refractivity contribution is 5.45. The summed E-state index contributed by atoms with van der Waals surface area (Å²) in [5.41, 5.74) is -0.754. The number of anilines is 1. The van der Waals surface area contributed by atoms with Crippen LogP contribution in [0.3, 0.4) is 0 Å². The third kappa shape index (κ3) is 3.53. The standard InChI is InChI=1S/C16H19F3N4O/c1-23-8-7-21-15(23)13-11(4-3-9-24-13)10-22-14-12(16(17,18)19)5-2-6-20-14/h2,5-8,11,13H,3-4,9-10H2,1H3,(H,20,22)/t11-,13+/m0/s1. The zero-order chi connectivity index (χ0) is 17.2. The summed E-state index contributed by atoms with van der Waals surface area (Å²) in [5.74, 6) is 0.677. The van der Waals surface area contributed by atoms with Crippen LogP contribution in [0.25, 0.3) is 0 Å². The summed E-state index contributed by atoms with van der Waals surface area (Å²) in [6.45, 7) is 0.975. The average molecular weight is 340 g/mol. The molecule has 0 amide bonds. The molecule has 8 heteroatoms. The first-order valence-electron chi connectivity index (χ1n) is 7.81. The number of nitrogens with one attached hydrogen (secondary N) is 1. The van der Waals surface area contributed by atoms with Crippen LogP contribution < -0.4 is 5.32 Å². The van der Waals surface area contributed by atoms with Gasteiger partial charge in [0.1, 0.15) is 17.7 Å². The van der Waals surface area contributed by atoms with Gasteiger partial charge in [0.15, 0.2) is 0 Å². The maximum atomic E-state index is 13.0. The molecule has 2 aromatic rings. The van der Waals surface area contributed by atoms with E-state index in [1.165, 1.54) is 12.3 Å². The molecule has 130 valence electrons.